The molecule has 0 saturated heterocycles. The third-order valence-electron chi connectivity index (χ3n) is 4.25. The van der Waals surface area contributed by atoms with Gasteiger partial charge in [0.15, 0.2) is 0 Å². The fourth-order valence-corrected chi connectivity index (χ4v) is 4.00. The smallest absolute Gasteiger partial charge is 0.460 e. The number of ether oxygens (including phenoxy) is 1. The van der Waals surface area contributed by atoms with Gasteiger partial charge in [0.2, 0.25) is 0 Å². The Bertz CT molecular complexity index is 849. The van der Waals surface area contributed by atoms with Crippen molar-refractivity contribution < 1.29 is 27.7 Å². The molecule has 0 aliphatic carbocycles. The molecule has 0 saturated carbocycles. The van der Waals surface area contributed by atoms with Gasteiger partial charge in [0, 0.05) is 6.08 Å². The van der Waals surface area contributed by atoms with E-state index in [9.17, 15) is 9.36 Å². The van der Waals surface area contributed by atoms with Crippen LogP contribution in [0.3, 0.4) is 0 Å². The van der Waals surface area contributed by atoms with Gasteiger partial charge in [-0.05, 0) is 35.1 Å². The van der Waals surface area contributed by atoms with Crippen molar-refractivity contribution in [1.82, 2.24) is 0 Å². The summed E-state index contributed by atoms with van der Waals surface area (Å²) < 4.78 is 35.6. The first-order valence-corrected chi connectivity index (χ1v) is 11.3. The lowest BCUT2D eigenvalue weighted by Crippen LogP contribution is -2.12. The number of hydrogen-bond donors (Lipinski definition) is 0. The molecule has 2 rings (SSSR count). The first-order valence-electron chi connectivity index (χ1n) is 9.86. The minimum atomic E-state index is -4.08. The standard InChI is InChI=1S/C23H29O6P/c1-6-23(24)26-15-16-27-30(25,28-21-13-9-7-11-19(21)17(2)3)29-22-14-10-8-12-20(22)18(4)5/h6-14,17-18H,1,15-16H2,2-5H3. The summed E-state index contributed by atoms with van der Waals surface area (Å²) in [5.41, 5.74) is 1.75. The molecule has 2 aromatic rings. The van der Waals surface area contributed by atoms with Crippen LogP contribution in [0.25, 0.3) is 0 Å². The first kappa shape index (κ1) is 23.7. The molecule has 0 fully saturated rings. The molecule has 0 N–H and O–H groups in total. The molecule has 6 nitrogen and oxygen atoms in total. The topological polar surface area (TPSA) is 71.1 Å². The summed E-state index contributed by atoms with van der Waals surface area (Å²) in [5, 5.41) is 0. The van der Waals surface area contributed by atoms with Gasteiger partial charge in [-0.3, -0.25) is 4.52 Å². The molecule has 0 aromatic heterocycles. The largest absolute Gasteiger partial charge is 0.587 e. The molecule has 2 aromatic carbocycles. The summed E-state index contributed by atoms with van der Waals surface area (Å²) in [7, 11) is -4.08. The second kappa shape index (κ2) is 11.0. The molecule has 162 valence electrons. The number of phosphoric acid groups is 1. The summed E-state index contributed by atoms with van der Waals surface area (Å²) in [5.74, 6) is 0.532. The van der Waals surface area contributed by atoms with E-state index in [0.29, 0.717) is 11.5 Å². The summed E-state index contributed by atoms with van der Waals surface area (Å²) in [4.78, 5) is 11.2. The van der Waals surface area contributed by atoms with Gasteiger partial charge in [-0.1, -0.05) is 70.7 Å². The molecule has 30 heavy (non-hydrogen) atoms. The Labute approximate surface area is 178 Å². The summed E-state index contributed by atoms with van der Waals surface area (Å²) >= 11 is 0. The third kappa shape index (κ3) is 6.75. The van der Waals surface area contributed by atoms with E-state index in [2.05, 4.69) is 6.58 Å². The van der Waals surface area contributed by atoms with Gasteiger partial charge in [-0.2, -0.15) is 0 Å². The van der Waals surface area contributed by atoms with Crippen molar-refractivity contribution in [2.75, 3.05) is 13.2 Å². The van der Waals surface area contributed by atoms with E-state index in [1.165, 1.54) is 0 Å². The zero-order valence-electron chi connectivity index (χ0n) is 17.9. The number of hydrogen-bond acceptors (Lipinski definition) is 6. The molecular weight excluding hydrogens is 403 g/mol. The Morgan fingerprint density at radius 1 is 0.900 bits per heavy atom. The Morgan fingerprint density at radius 2 is 1.37 bits per heavy atom. The second-order valence-corrected chi connectivity index (χ2v) is 8.74. The minimum Gasteiger partial charge on any atom is -0.460 e. The first-order chi connectivity index (χ1) is 14.3. The lowest BCUT2D eigenvalue weighted by Gasteiger charge is -2.23. The van der Waals surface area contributed by atoms with E-state index in [0.717, 1.165) is 17.2 Å². The van der Waals surface area contributed by atoms with Crippen molar-refractivity contribution in [1.29, 1.82) is 0 Å². The maximum Gasteiger partial charge on any atom is 0.587 e. The van der Waals surface area contributed by atoms with E-state index < -0.39 is 13.8 Å². The number of benzene rings is 2. The van der Waals surface area contributed by atoms with Crippen molar-refractivity contribution in [3.63, 3.8) is 0 Å². The average molecular weight is 432 g/mol. The van der Waals surface area contributed by atoms with Crippen molar-refractivity contribution in [2.45, 2.75) is 39.5 Å². The van der Waals surface area contributed by atoms with Crippen molar-refractivity contribution in [3.05, 3.63) is 72.3 Å². The number of rotatable bonds is 11. The van der Waals surface area contributed by atoms with Gasteiger partial charge in [0.05, 0.1) is 6.61 Å². The normalized spacial score (nSPS) is 11.4. The second-order valence-electron chi connectivity index (χ2n) is 7.22. The summed E-state index contributed by atoms with van der Waals surface area (Å²) in [6.45, 7) is 11.1. The van der Waals surface area contributed by atoms with Crippen LogP contribution in [0, 0.1) is 0 Å². The Balaban J connectivity index is 2.30. The monoisotopic (exact) mass is 432 g/mol. The highest BCUT2D eigenvalue weighted by Gasteiger charge is 2.33. The van der Waals surface area contributed by atoms with Crippen LogP contribution in [0.4, 0.5) is 0 Å². The van der Waals surface area contributed by atoms with Gasteiger partial charge in [0.1, 0.15) is 18.1 Å². The van der Waals surface area contributed by atoms with Crippen molar-refractivity contribution >= 4 is 13.8 Å². The van der Waals surface area contributed by atoms with Gasteiger partial charge in [-0.25, -0.2) is 9.36 Å². The van der Waals surface area contributed by atoms with Crippen LogP contribution in [0.1, 0.15) is 50.7 Å². The van der Waals surface area contributed by atoms with Gasteiger partial charge in [-0.15, -0.1) is 0 Å². The Hall–Kier alpha value is -2.56. The average Bonchev–Trinajstić information content (AvgIpc) is 2.71. The molecular formula is C23H29O6P. The number of carbonyl (C=O) groups excluding carboxylic acids is 1. The van der Waals surface area contributed by atoms with E-state index in [1.54, 1.807) is 24.3 Å². The number of esters is 1. The van der Waals surface area contributed by atoms with E-state index >= 15 is 0 Å². The zero-order valence-corrected chi connectivity index (χ0v) is 18.8. The van der Waals surface area contributed by atoms with Crippen LogP contribution >= 0.6 is 7.82 Å². The lowest BCUT2D eigenvalue weighted by atomic mass is 10.0. The number of carbonyl (C=O) groups is 1. The van der Waals surface area contributed by atoms with Crippen LogP contribution in [-0.4, -0.2) is 19.2 Å². The SMILES string of the molecule is C=CC(=O)OCCOP(=O)(Oc1ccccc1C(C)C)Oc1ccccc1C(C)C. The quantitative estimate of drug-likeness (QED) is 0.181. The Morgan fingerprint density at radius 3 is 1.80 bits per heavy atom. The molecule has 7 heteroatoms. The molecule has 0 radical (unpaired) electrons. The summed E-state index contributed by atoms with van der Waals surface area (Å²) in [6, 6.07) is 14.6. The lowest BCUT2D eigenvalue weighted by molar-refractivity contribution is -0.138. The Kier molecular flexibility index (Phi) is 8.70. The van der Waals surface area contributed by atoms with Crippen molar-refractivity contribution in [2.24, 2.45) is 0 Å². The van der Waals surface area contributed by atoms with Crippen LogP contribution in [0.15, 0.2) is 61.2 Å². The van der Waals surface area contributed by atoms with Gasteiger partial charge < -0.3 is 13.8 Å². The molecule has 0 bridgehead atoms. The van der Waals surface area contributed by atoms with Gasteiger partial charge in [0.25, 0.3) is 0 Å². The number of para-hydroxylation sites is 2. The molecule has 0 atom stereocenters. The van der Waals surface area contributed by atoms with E-state index in [1.807, 2.05) is 52.0 Å². The van der Waals surface area contributed by atoms with Crippen LogP contribution in [0.2, 0.25) is 0 Å². The third-order valence-corrected chi connectivity index (χ3v) is 5.59. The van der Waals surface area contributed by atoms with Gasteiger partial charge >= 0.3 is 13.8 Å². The molecule has 0 aliphatic heterocycles. The van der Waals surface area contributed by atoms with E-state index in [4.69, 9.17) is 18.3 Å². The maximum atomic E-state index is 13.6. The van der Waals surface area contributed by atoms with E-state index in [-0.39, 0.29) is 25.0 Å². The summed E-state index contributed by atoms with van der Waals surface area (Å²) in [6.07, 6.45) is 1.05. The molecule has 0 spiro atoms. The predicted molar refractivity (Wildman–Crippen MR) is 117 cm³/mol. The molecule has 0 aliphatic rings. The zero-order chi connectivity index (χ0) is 22.1. The molecule has 0 heterocycles. The fourth-order valence-electron chi connectivity index (χ4n) is 2.74. The highest BCUT2D eigenvalue weighted by Crippen LogP contribution is 2.52. The van der Waals surface area contributed by atoms with Crippen LogP contribution in [0.5, 0.6) is 11.5 Å². The fraction of sp³-hybridized carbons (Fsp3) is 0.348. The maximum absolute atomic E-state index is 13.6. The highest BCUT2D eigenvalue weighted by molar-refractivity contribution is 7.49. The molecule has 0 unspecified atom stereocenters. The number of phosphoric ester groups is 1. The molecule has 0 amide bonds. The minimum absolute atomic E-state index is 0.112. The predicted octanol–water partition coefficient (Wildman–Crippen LogP) is 6.25. The van der Waals surface area contributed by atoms with Crippen LogP contribution < -0.4 is 9.05 Å². The van der Waals surface area contributed by atoms with Crippen molar-refractivity contribution in [3.8, 4) is 11.5 Å². The highest BCUT2D eigenvalue weighted by atomic mass is 31.2. The van der Waals surface area contributed by atoms with Crippen LogP contribution in [-0.2, 0) is 18.6 Å².